The highest BCUT2D eigenvalue weighted by Crippen LogP contribution is 2.22. The Labute approximate surface area is 121 Å². The molecule has 0 spiro atoms. The minimum atomic E-state index is -0.429. The number of aromatic amines is 1. The van der Waals surface area contributed by atoms with Crippen molar-refractivity contribution in [2.75, 3.05) is 5.75 Å². The lowest BCUT2D eigenvalue weighted by Gasteiger charge is -2.06. The number of aromatic nitrogens is 4. The van der Waals surface area contributed by atoms with Crippen molar-refractivity contribution in [3.63, 3.8) is 0 Å². The molecule has 20 heavy (non-hydrogen) atoms. The highest BCUT2D eigenvalue weighted by Gasteiger charge is 2.16. The van der Waals surface area contributed by atoms with Crippen LogP contribution < -0.4 is 11.2 Å². The topological polar surface area (TPSA) is 72.7 Å². The smallest absolute Gasteiger partial charge is 0.313 e. The Morgan fingerprint density at radius 2 is 2.05 bits per heavy atom. The van der Waals surface area contributed by atoms with Gasteiger partial charge in [0.1, 0.15) is 0 Å². The summed E-state index contributed by atoms with van der Waals surface area (Å²) < 4.78 is 3.26. The third-order valence-electron chi connectivity index (χ3n) is 3.21. The Hall–Kier alpha value is -1.50. The van der Waals surface area contributed by atoms with Crippen LogP contribution in [0.5, 0.6) is 0 Å². The Balaban J connectivity index is 2.51. The summed E-state index contributed by atoms with van der Waals surface area (Å²) in [5.74, 6) is 1.59. The van der Waals surface area contributed by atoms with Gasteiger partial charge in [-0.1, -0.05) is 25.6 Å². The molecule has 1 N–H and O–H groups in total. The average molecular weight is 296 g/mol. The highest BCUT2D eigenvalue weighted by molar-refractivity contribution is 7.99. The van der Waals surface area contributed by atoms with E-state index in [1.807, 2.05) is 11.5 Å². The predicted octanol–water partition coefficient (Wildman–Crippen LogP) is 1.58. The van der Waals surface area contributed by atoms with E-state index in [9.17, 15) is 9.59 Å². The minimum Gasteiger partial charge on any atom is -0.313 e. The van der Waals surface area contributed by atoms with E-state index in [1.165, 1.54) is 4.57 Å². The van der Waals surface area contributed by atoms with Crippen molar-refractivity contribution < 1.29 is 0 Å². The first-order valence-corrected chi connectivity index (χ1v) is 7.76. The molecule has 6 nitrogen and oxygen atoms in total. The van der Waals surface area contributed by atoms with Crippen LogP contribution in [-0.2, 0) is 13.6 Å². The summed E-state index contributed by atoms with van der Waals surface area (Å²) in [6.07, 6.45) is 1.09. The molecule has 0 amide bonds. The largest absolute Gasteiger partial charge is 0.329 e. The van der Waals surface area contributed by atoms with Crippen LogP contribution in [0.3, 0.4) is 0 Å². The standard InChI is InChI=1S/C13H20N4O2S/c1-5-17-9-10(16(4)12(19)15-11(9)18)14-13(17)20-7-6-8(2)3/h8H,5-7H2,1-4H3,(H,15,18,19). The van der Waals surface area contributed by atoms with Crippen molar-refractivity contribution >= 4 is 22.9 Å². The molecule has 0 aromatic carbocycles. The van der Waals surface area contributed by atoms with E-state index in [2.05, 4.69) is 23.8 Å². The Morgan fingerprint density at radius 1 is 1.35 bits per heavy atom. The molecule has 0 saturated carbocycles. The Bertz CT molecular complexity index is 726. The number of nitrogens with one attached hydrogen (secondary N) is 1. The van der Waals surface area contributed by atoms with E-state index >= 15 is 0 Å². The number of fused-ring (bicyclic) bond motifs is 1. The van der Waals surface area contributed by atoms with Gasteiger partial charge >= 0.3 is 5.69 Å². The van der Waals surface area contributed by atoms with E-state index in [1.54, 1.807) is 18.8 Å². The van der Waals surface area contributed by atoms with Crippen LogP contribution in [0.15, 0.2) is 14.7 Å². The molecule has 0 fully saturated rings. The maximum Gasteiger partial charge on any atom is 0.329 e. The molecular formula is C13H20N4O2S. The third-order valence-corrected chi connectivity index (χ3v) is 4.22. The summed E-state index contributed by atoms with van der Waals surface area (Å²) in [5.41, 5.74) is 0.129. The van der Waals surface area contributed by atoms with Gasteiger partial charge in [0.25, 0.3) is 5.56 Å². The molecule has 0 bridgehead atoms. The lowest BCUT2D eigenvalue weighted by atomic mass is 10.2. The summed E-state index contributed by atoms with van der Waals surface area (Å²) >= 11 is 1.63. The molecule has 2 heterocycles. The lowest BCUT2D eigenvalue weighted by Crippen LogP contribution is -2.29. The van der Waals surface area contributed by atoms with Crippen molar-refractivity contribution in [2.24, 2.45) is 13.0 Å². The van der Waals surface area contributed by atoms with Gasteiger partial charge in [0.05, 0.1) is 0 Å². The zero-order valence-electron chi connectivity index (χ0n) is 12.3. The zero-order chi connectivity index (χ0) is 14.9. The van der Waals surface area contributed by atoms with Crippen LogP contribution in [0.4, 0.5) is 0 Å². The van der Waals surface area contributed by atoms with E-state index in [4.69, 9.17) is 0 Å². The second-order valence-electron chi connectivity index (χ2n) is 5.16. The second-order valence-corrected chi connectivity index (χ2v) is 6.22. The van der Waals surface area contributed by atoms with Crippen LogP contribution >= 0.6 is 11.8 Å². The van der Waals surface area contributed by atoms with Crippen molar-refractivity contribution in [1.82, 2.24) is 19.1 Å². The van der Waals surface area contributed by atoms with Crippen molar-refractivity contribution in [1.29, 1.82) is 0 Å². The van der Waals surface area contributed by atoms with Crippen molar-refractivity contribution in [3.05, 3.63) is 20.8 Å². The van der Waals surface area contributed by atoms with E-state index in [0.29, 0.717) is 23.6 Å². The minimum absolute atomic E-state index is 0.367. The monoisotopic (exact) mass is 296 g/mol. The number of thioether (sulfide) groups is 1. The number of imidazole rings is 1. The molecule has 7 heteroatoms. The fourth-order valence-electron chi connectivity index (χ4n) is 2.00. The van der Waals surface area contributed by atoms with Crippen LogP contribution in [-0.4, -0.2) is 24.9 Å². The third kappa shape index (κ3) is 2.67. The number of nitrogens with zero attached hydrogens (tertiary/aromatic N) is 3. The lowest BCUT2D eigenvalue weighted by molar-refractivity contribution is 0.630. The number of hydrogen-bond donors (Lipinski definition) is 1. The Morgan fingerprint density at radius 3 is 2.65 bits per heavy atom. The molecule has 110 valence electrons. The van der Waals surface area contributed by atoms with Crippen LogP contribution in [0.2, 0.25) is 0 Å². The SMILES string of the molecule is CCn1c(SCCC(C)C)nc2c1c(=O)[nH]c(=O)n2C. The average Bonchev–Trinajstić information content (AvgIpc) is 2.75. The molecule has 2 rings (SSSR count). The van der Waals surface area contributed by atoms with Gasteiger partial charge in [-0.25, -0.2) is 9.78 Å². The molecule has 0 saturated heterocycles. The van der Waals surface area contributed by atoms with Gasteiger partial charge in [-0.3, -0.25) is 14.3 Å². The van der Waals surface area contributed by atoms with Gasteiger partial charge in [0.15, 0.2) is 16.3 Å². The fourth-order valence-corrected chi connectivity index (χ4v) is 3.30. The summed E-state index contributed by atoms with van der Waals surface area (Å²) in [6, 6.07) is 0. The van der Waals surface area contributed by atoms with Gasteiger partial charge in [-0.2, -0.15) is 0 Å². The first-order valence-electron chi connectivity index (χ1n) is 6.78. The van der Waals surface area contributed by atoms with Crippen LogP contribution in [0.1, 0.15) is 27.2 Å². The summed E-state index contributed by atoms with van der Waals surface area (Å²) in [7, 11) is 1.62. The molecular weight excluding hydrogens is 276 g/mol. The molecule has 0 aliphatic carbocycles. The van der Waals surface area contributed by atoms with Crippen molar-refractivity contribution in [2.45, 2.75) is 38.9 Å². The molecule has 0 unspecified atom stereocenters. The predicted molar refractivity (Wildman–Crippen MR) is 81.4 cm³/mol. The number of H-pyrrole nitrogens is 1. The summed E-state index contributed by atoms with van der Waals surface area (Å²) in [6.45, 7) is 6.98. The van der Waals surface area contributed by atoms with Gasteiger partial charge in [-0.15, -0.1) is 0 Å². The van der Waals surface area contributed by atoms with Crippen molar-refractivity contribution in [3.8, 4) is 0 Å². The number of hydrogen-bond acceptors (Lipinski definition) is 4. The molecule has 0 atom stereocenters. The van der Waals surface area contributed by atoms with E-state index in [-0.39, 0.29) is 5.56 Å². The van der Waals surface area contributed by atoms with Gasteiger partial charge in [-0.05, 0) is 19.3 Å². The molecule has 2 aromatic rings. The first kappa shape index (κ1) is 14.9. The fraction of sp³-hybridized carbons (Fsp3) is 0.615. The quantitative estimate of drug-likeness (QED) is 0.850. The van der Waals surface area contributed by atoms with Gasteiger partial charge in [0, 0.05) is 19.3 Å². The normalized spacial score (nSPS) is 11.7. The second kappa shape index (κ2) is 5.87. The van der Waals surface area contributed by atoms with Crippen LogP contribution in [0, 0.1) is 5.92 Å². The molecule has 0 aliphatic rings. The maximum atomic E-state index is 12.0. The van der Waals surface area contributed by atoms with Gasteiger partial charge in [0.2, 0.25) is 0 Å². The number of rotatable bonds is 5. The Kier molecular flexibility index (Phi) is 4.37. The maximum absolute atomic E-state index is 12.0. The summed E-state index contributed by atoms with van der Waals surface area (Å²) in [4.78, 5) is 30.4. The molecule has 0 radical (unpaired) electrons. The van der Waals surface area contributed by atoms with E-state index < -0.39 is 5.69 Å². The summed E-state index contributed by atoms with van der Waals surface area (Å²) in [5, 5.41) is 0.801. The molecule has 0 aliphatic heterocycles. The van der Waals surface area contributed by atoms with E-state index in [0.717, 1.165) is 17.3 Å². The van der Waals surface area contributed by atoms with Gasteiger partial charge < -0.3 is 4.57 Å². The first-order chi connectivity index (χ1) is 9.45. The number of aryl methyl sites for hydroxylation is 2. The van der Waals surface area contributed by atoms with Crippen LogP contribution in [0.25, 0.3) is 11.2 Å². The zero-order valence-corrected chi connectivity index (χ0v) is 13.1. The highest BCUT2D eigenvalue weighted by atomic mass is 32.2. The molecule has 2 aromatic heterocycles.